The van der Waals surface area contributed by atoms with Crippen LogP contribution in [0.15, 0.2) is 48.5 Å². The summed E-state index contributed by atoms with van der Waals surface area (Å²) in [6.07, 6.45) is 0. The first-order valence-electron chi connectivity index (χ1n) is 5.01. The molecule has 1 amide bonds. The van der Waals surface area contributed by atoms with Crippen LogP contribution in [0.5, 0.6) is 5.75 Å². The van der Waals surface area contributed by atoms with Crippen LogP contribution in [0.3, 0.4) is 0 Å². The molecule has 4 heteroatoms. The van der Waals surface area contributed by atoms with Crippen LogP contribution in [0.2, 0.25) is 5.02 Å². The number of carbonyl (C=O) groups is 1. The van der Waals surface area contributed by atoms with Gasteiger partial charge in [0.15, 0.2) is 0 Å². The summed E-state index contributed by atoms with van der Waals surface area (Å²) in [7, 11) is 0. The highest BCUT2D eigenvalue weighted by molar-refractivity contribution is 6.30. The van der Waals surface area contributed by atoms with Gasteiger partial charge in [-0.1, -0.05) is 23.7 Å². The van der Waals surface area contributed by atoms with Crippen molar-refractivity contribution in [1.29, 1.82) is 0 Å². The van der Waals surface area contributed by atoms with Gasteiger partial charge in [-0.2, -0.15) is 0 Å². The summed E-state index contributed by atoms with van der Waals surface area (Å²) in [6.45, 7) is 0. The number of benzene rings is 2. The Bertz CT molecular complexity index is 555. The number of hydrogen-bond acceptors (Lipinski definition) is 2. The number of phenols is 1. The molecule has 0 aliphatic carbocycles. The third kappa shape index (κ3) is 2.98. The van der Waals surface area contributed by atoms with Crippen LogP contribution < -0.4 is 5.32 Å². The number of halogens is 1. The minimum atomic E-state index is -0.289. The van der Waals surface area contributed by atoms with Crippen LogP contribution >= 0.6 is 11.6 Å². The van der Waals surface area contributed by atoms with Crippen LogP contribution in [0, 0.1) is 0 Å². The quantitative estimate of drug-likeness (QED) is 0.856. The van der Waals surface area contributed by atoms with E-state index in [1.807, 2.05) is 0 Å². The van der Waals surface area contributed by atoms with Gasteiger partial charge in [0.1, 0.15) is 5.75 Å². The van der Waals surface area contributed by atoms with Gasteiger partial charge in [0.25, 0.3) is 5.91 Å². The van der Waals surface area contributed by atoms with E-state index in [9.17, 15) is 9.90 Å². The normalized spacial score (nSPS) is 9.94. The van der Waals surface area contributed by atoms with Gasteiger partial charge in [-0.15, -0.1) is 0 Å². The summed E-state index contributed by atoms with van der Waals surface area (Å²) < 4.78 is 0. The predicted molar refractivity (Wildman–Crippen MR) is 67.5 cm³/mol. The lowest BCUT2D eigenvalue weighted by molar-refractivity contribution is 0.102. The van der Waals surface area contributed by atoms with E-state index in [0.29, 0.717) is 16.3 Å². The number of amides is 1. The number of nitrogens with one attached hydrogen (secondary N) is 1. The highest BCUT2D eigenvalue weighted by atomic mass is 35.5. The van der Waals surface area contributed by atoms with Gasteiger partial charge < -0.3 is 10.4 Å². The van der Waals surface area contributed by atoms with Crippen molar-refractivity contribution in [2.75, 3.05) is 5.32 Å². The van der Waals surface area contributed by atoms with Crippen molar-refractivity contribution >= 4 is 23.2 Å². The molecule has 0 saturated heterocycles. The maximum atomic E-state index is 11.8. The molecule has 0 unspecified atom stereocenters. The number of carbonyl (C=O) groups excluding carboxylic acids is 1. The maximum Gasteiger partial charge on any atom is 0.255 e. The Morgan fingerprint density at radius 3 is 2.59 bits per heavy atom. The SMILES string of the molecule is O=C(Nc1cccc(Cl)c1)c1cccc(O)c1. The van der Waals surface area contributed by atoms with Gasteiger partial charge in [0.2, 0.25) is 0 Å². The Balaban J connectivity index is 2.17. The molecule has 2 rings (SSSR count). The van der Waals surface area contributed by atoms with Crippen molar-refractivity contribution in [3.63, 3.8) is 0 Å². The summed E-state index contributed by atoms with van der Waals surface area (Å²) in [6, 6.07) is 13.0. The van der Waals surface area contributed by atoms with Crippen molar-refractivity contribution in [2.24, 2.45) is 0 Å². The zero-order chi connectivity index (χ0) is 12.3. The fourth-order valence-corrected chi connectivity index (χ4v) is 1.61. The van der Waals surface area contributed by atoms with Crippen molar-refractivity contribution in [3.05, 3.63) is 59.1 Å². The summed E-state index contributed by atoms with van der Waals surface area (Å²) in [5.74, 6) is -0.230. The summed E-state index contributed by atoms with van der Waals surface area (Å²) in [5, 5.41) is 12.5. The zero-order valence-corrected chi connectivity index (χ0v) is 9.61. The highest BCUT2D eigenvalue weighted by Crippen LogP contribution is 2.17. The van der Waals surface area contributed by atoms with Crippen molar-refractivity contribution < 1.29 is 9.90 Å². The zero-order valence-electron chi connectivity index (χ0n) is 8.85. The molecular weight excluding hydrogens is 238 g/mol. The lowest BCUT2D eigenvalue weighted by Crippen LogP contribution is -2.11. The van der Waals surface area contributed by atoms with E-state index in [1.165, 1.54) is 12.1 Å². The fourth-order valence-electron chi connectivity index (χ4n) is 1.42. The Kier molecular flexibility index (Phi) is 3.30. The summed E-state index contributed by atoms with van der Waals surface area (Å²) in [5.41, 5.74) is 1.01. The van der Waals surface area contributed by atoms with Gasteiger partial charge in [0, 0.05) is 16.3 Å². The smallest absolute Gasteiger partial charge is 0.255 e. The van der Waals surface area contributed by atoms with E-state index in [2.05, 4.69) is 5.32 Å². The Morgan fingerprint density at radius 2 is 1.88 bits per heavy atom. The molecule has 86 valence electrons. The van der Waals surface area contributed by atoms with E-state index < -0.39 is 0 Å². The molecular formula is C13H10ClNO2. The van der Waals surface area contributed by atoms with Gasteiger partial charge in [-0.25, -0.2) is 0 Å². The van der Waals surface area contributed by atoms with Crippen molar-refractivity contribution in [3.8, 4) is 5.75 Å². The van der Waals surface area contributed by atoms with Crippen LogP contribution in [-0.4, -0.2) is 11.0 Å². The molecule has 0 saturated carbocycles. The van der Waals surface area contributed by atoms with Crippen molar-refractivity contribution in [1.82, 2.24) is 0 Å². The monoisotopic (exact) mass is 247 g/mol. The Labute approximate surface area is 104 Å². The van der Waals surface area contributed by atoms with Crippen LogP contribution in [0.4, 0.5) is 5.69 Å². The first kappa shape index (κ1) is 11.5. The number of hydrogen-bond donors (Lipinski definition) is 2. The second-order valence-corrected chi connectivity index (χ2v) is 3.95. The molecule has 0 bridgehead atoms. The summed E-state index contributed by atoms with van der Waals surface area (Å²) >= 11 is 5.81. The average molecular weight is 248 g/mol. The number of anilines is 1. The average Bonchev–Trinajstić information content (AvgIpc) is 2.29. The second kappa shape index (κ2) is 4.89. The van der Waals surface area contributed by atoms with Crippen LogP contribution in [0.25, 0.3) is 0 Å². The molecule has 0 radical (unpaired) electrons. The molecule has 2 aromatic rings. The van der Waals surface area contributed by atoms with Crippen LogP contribution in [-0.2, 0) is 0 Å². The predicted octanol–water partition coefficient (Wildman–Crippen LogP) is 3.30. The molecule has 0 fully saturated rings. The maximum absolute atomic E-state index is 11.8. The van der Waals surface area contributed by atoms with E-state index in [4.69, 9.17) is 11.6 Å². The third-order valence-electron chi connectivity index (χ3n) is 2.19. The van der Waals surface area contributed by atoms with Gasteiger partial charge in [0.05, 0.1) is 0 Å². The second-order valence-electron chi connectivity index (χ2n) is 3.51. The molecule has 2 aromatic carbocycles. The number of phenolic OH excluding ortho intramolecular Hbond substituents is 1. The minimum absolute atomic E-state index is 0.0590. The Hall–Kier alpha value is -2.00. The molecule has 2 N–H and O–H groups in total. The molecule has 0 aromatic heterocycles. The van der Waals surface area contributed by atoms with E-state index in [-0.39, 0.29) is 11.7 Å². The Morgan fingerprint density at radius 1 is 1.12 bits per heavy atom. The summed E-state index contributed by atoms with van der Waals surface area (Å²) in [4.78, 5) is 11.8. The van der Waals surface area contributed by atoms with Gasteiger partial charge >= 0.3 is 0 Å². The number of rotatable bonds is 2. The molecule has 0 aliphatic rings. The molecule has 3 nitrogen and oxygen atoms in total. The van der Waals surface area contributed by atoms with Crippen molar-refractivity contribution in [2.45, 2.75) is 0 Å². The standard InChI is InChI=1S/C13H10ClNO2/c14-10-4-2-5-11(8-10)15-13(17)9-3-1-6-12(16)7-9/h1-8,16H,(H,15,17). The van der Waals surface area contributed by atoms with Gasteiger partial charge in [-0.05, 0) is 36.4 Å². The van der Waals surface area contributed by atoms with E-state index in [0.717, 1.165) is 0 Å². The largest absolute Gasteiger partial charge is 0.508 e. The first-order valence-corrected chi connectivity index (χ1v) is 5.39. The fraction of sp³-hybridized carbons (Fsp3) is 0. The molecule has 17 heavy (non-hydrogen) atoms. The third-order valence-corrected chi connectivity index (χ3v) is 2.43. The highest BCUT2D eigenvalue weighted by Gasteiger charge is 2.06. The molecule has 0 spiro atoms. The lowest BCUT2D eigenvalue weighted by atomic mass is 10.2. The topological polar surface area (TPSA) is 49.3 Å². The first-order chi connectivity index (χ1) is 8.15. The minimum Gasteiger partial charge on any atom is -0.508 e. The van der Waals surface area contributed by atoms with Crippen LogP contribution in [0.1, 0.15) is 10.4 Å². The molecule has 0 atom stereocenters. The molecule has 0 aliphatic heterocycles. The van der Waals surface area contributed by atoms with E-state index in [1.54, 1.807) is 36.4 Å². The lowest BCUT2D eigenvalue weighted by Gasteiger charge is -2.05. The number of aromatic hydroxyl groups is 1. The van der Waals surface area contributed by atoms with Gasteiger partial charge in [-0.3, -0.25) is 4.79 Å². The molecule has 0 heterocycles. The van der Waals surface area contributed by atoms with E-state index >= 15 is 0 Å².